The van der Waals surface area contributed by atoms with Gasteiger partial charge in [0.05, 0.1) is 19.8 Å². The van der Waals surface area contributed by atoms with Gasteiger partial charge in [0.15, 0.2) is 0 Å². The van der Waals surface area contributed by atoms with Crippen LogP contribution in [0.5, 0.6) is 0 Å². The van der Waals surface area contributed by atoms with E-state index in [1.54, 1.807) is 0 Å². The van der Waals surface area contributed by atoms with E-state index in [-0.39, 0.29) is 5.91 Å². The number of halogens is 1. The van der Waals surface area contributed by atoms with Gasteiger partial charge < -0.3 is 9.64 Å². The average Bonchev–Trinajstić information content (AvgIpc) is 2.76. The first kappa shape index (κ1) is 20.3. The monoisotopic (exact) mass is 413 g/mol. The number of piperidine rings is 1. The largest absolute Gasteiger partial charge is 0.378 e. The van der Waals surface area contributed by atoms with E-state index >= 15 is 0 Å². The van der Waals surface area contributed by atoms with Crippen LogP contribution in [0, 0.1) is 0 Å². The van der Waals surface area contributed by atoms with Crippen LogP contribution in [-0.2, 0) is 16.0 Å². The number of likely N-dealkylation sites (tertiary alicyclic amines) is 1. The molecule has 29 heavy (non-hydrogen) atoms. The summed E-state index contributed by atoms with van der Waals surface area (Å²) in [5.41, 5.74) is 3.26. The zero-order valence-electron chi connectivity index (χ0n) is 16.7. The molecular weight excluding hydrogens is 386 g/mol. The van der Waals surface area contributed by atoms with Crippen molar-refractivity contribution in [3.63, 3.8) is 0 Å². The van der Waals surface area contributed by atoms with Crippen LogP contribution in [0.2, 0.25) is 5.02 Å². The lowest BCUT2D eigenvalue weighted by Crippen LogP contribution is -2.47. The fourth-order valence-electron chi connectivity index (χ4n) is 4.21. The van der Waals surface area contributed by atoms with E-state index in [4.69, 9.17) is 21.3 Å². The third kappa shape index (κ3) is 5.35. The third-order valence-electron chi connectivity index (χ3n) is 5.80. The van der Waals surface area contributed by atoms with Gasteiger partial charge in [0.25, 0.3) is 0 Å². The molecule has 6 heteroatoms. The van der Waals surface area contributed by atoms with Gasteiger partial charge in [-0.3, -0.25) is 14.7 Å². The molecule has 2 aliphatic rings. The Morgan fingerprint density at radius 1 is 1.10 bits per heavy atom. The van der Waals surface area contributed by atoms with Crippen LogP contribution in [0.25, 0.3) is 0 Å². The second-order valence-corrected chi connectivity index (χ2v) is 8.30. The quantitative estimate of drug-likeness (QED) is 0.754. The van der Waals surface area contributed by atoms with Crippen molar-refractivity contribution in [2.45, 2.75) is 25.2 Å². The number of ether oxygens (including phenoxy) is 1. The molecule has 1 unspecified atom stereocenters. The summed E-state index contributed by atoms with van der Waals surface area (Å²) >= 11 is 6.32. The molecule has 2 aromatic rings. The minimum absolute atomic E-state index is 0.217. The molecule has 4 rings (SSSR count). The molecule has 5 nitrogen and oxygen atoms in total. The van der Waals surface area contributed by atoms with Crippen molar-refractivity contribution >= 4 is 17.5 Å². The first-order valence-corrected chi connectivity index (χ1v) is 10.8. The Hall–Kier alpha value is -1.95. The van der Waals surface area contributed by atoms with Crippen LogP contribution >= 0.6 is 11.6 Å². The summed E-state index contributed by atoms with van der Waals surface area (Å²) < 4.78 is 5.35. The smallest absolute Gasteiger partial charge is 0.236 e. The maximum absolute atomic E-state index is 12.6. The van der Waals surface area contributed by atoms with Crippen LogP contribution < -0.4 is 0 Å². The molecule has 3 heterocycles. The van der Waals surface area contributed by atoms with E-state index in [1.807, 2.05) is 23.1 Å². The molecule has 1 atom stereocenters. The van der Waals surface area contributed by atoms with Crippen molar-refractivity contribution in [3.8, 4) is 0 Å². The third-order valence-corrected chi connectivity index (χ3v) is 6.17. The van der Waals surface area contributed by atoms with Gasteiger partial charge in [-0.15, -0.1) is 0 Å². The van der Waals surface area contributed by atoms with Crippen molar-refractivity contribution in [1.29, 1.82) is 0 Å². The molecule has 1 aromatic heterocycles. The van der Waals surface area contributed by atoms with E-state index in [2.05, 4.69) is 29.2 Å². The van der Waals surface area contributed by atoms with Crippen molar-refractivity contribution in [1.82, 2.24) is 14.8 Å². The van der Waals surface area contributed by atoms with Gasteiger partial charge in [-0.1, -0.05) is 35.9 Å². The summed E-state index contributed by atoms with van der Waals surface area (Å²) in [5, 5.41) is 0.783. The molecule has 2 aliphatic heterocycles. The van der Waals surface area contributed by atoms with E-state index in [0.717, 1.165) is 54.3 Å². The van der Waals surface area contributed by atoms with Crippen molar-refractivity contribution < 1.29 is 9.53 Å². The van der Waals surface area contributed by atoms with Crippen molar-refractivity contribution in [2.75, 3.05) is 45.9 Å². The molecule has 0 N–H and O–H groups in total. The number of carbonyl (C=O) groups is 1. The van der Waals surface area contributed by atoms with Crippen LogP contribution in [0.4, 0.5) is 0 Å². The van der Waals surface area contributed by atoms with Gasteiger partial charge in [-0.2, -0.15) is 0 Å². The number of morpholine rings is 1. The van der Waals surface area contributed by atoms with E-state index < -0.39 is 0 Å². The zero-order chi connectivity index (χ0) is 20.1. The maximum Gasteiger partial charge on any atom is 0.236 e. The topological polar surface area (TPSA) is 45.7 Å². The van der Waals surface area contributed by atoms with Crippen molar-refractivity contribution in [2.24, 2.45) is 0 Å². The summed E-state index contributed by atoms with van der Waals surface area (Å²) in [6.07, 6.45) is 2.95. The normalized spacial score (nSPS) is 20.6. The van der Waals surface area contributed by atoms with Crippen molar-refractivity contribution in [3.05, 3.63) is 64.4 Å². The minimum atomic E-state index is 0.217. The lowest BCUT2D eigenvalue weighted by atomic mass is 9.94. The Morgan fingerprint density at radius 3 is 2.76 bits per heavy atom. The Labute approximate surface area is 177 Å². The fourth-order valence-corrected chi connectivity index (χ4v) is 4.41. The number of carbonyl (C=O) groups excluding carboxylic acids is 1. The highest BCUT2D eigenvalue weighted by molar-refractivity contribution is 6.31. The first-order chi connectivity index (χ1) is 14.2. The molecule has 0 bridgehead atoms. The Balaban J connectivity index is 1.39. The summed E-state index contributed by atoms with van der Waals surface area (Å²) in [7, 11) is 0. The molecular formula is C23H28ClN3O2. The van der Waals surface area contributed by atoms with E-state index in [9.17, 15) is 4.79 Å². The molecule has 0 radical (unpaired) electrons. The summed E-state index contributed by atoms with van der Waals surface area (Å²) in [5.74, 6) is 0.585. The zero-order valence-corrected chi connectivity index (χ0v) is 17.5. The highest BCUT2D eigenvalue weighted by Crippen LogP contribution is 2.26. The molecule has 0 spiro atoms. The molecule has 2 saturated heterocycles. The molecule has 1 amide bonds. The number of benzene rings is 1. The molecule has 2 fully saturated rings. The predicted molar refractivity (Wildman–Crippen MR) is 114 cm³/mol. The fraction of sp³-hybridized carbons (Fsp3) is 0.478. The summed E-state index contributed by atoms with van der Waals surface area (Å²) in [6.45, 7) is 5.08. The number of hydrogen-bond acceptors (Lipinski definition) is 4. The average molecular weight is 414 g/mol. The lowest BCUT2D eigenvalue weighted by Gasteiger charge is -2.34. The number of amides is 1. The summed E-state index contributed by atoms with van der Waals surface area (Å²) in [6, 6.07) is 14.2. The van der Waals surface area contributed by atoms with Gasteiger partial charge in [0.2, 0.25) is 5.91 Å². The number of nitrogens with zero attached hydrogens (tertiary/aromatic N) is 3. The molecule has 1 aromatic carbocycles. The van der Waals surface area contributed by atoms with Gasteiger partial charge in [-0.05, 0) is 43.1 Å². The first-order valence-electron chi connectivity index (χ1n) is 10.5. The number of rotatable bonds is 5. The van der Waals surface area contributed by atoms with Gasteiger partial charge >= 0.3 is 0 Å². The van der Waals surface area contributed by atoms with Crippen LogP contribution in [0.3, 0.4) is 0 Å². The highest BCUT2D eigenvalue weighted by atomic mass is 35.5. The van der Waals surface area contributed by atoms with Crippen LogP contribution in [0.15, 0.2) is 42.5 Å². The molecule has 154 valence electrons. The SMILES string of the molecule is O=C(CN1CCCC(c2cccc(Cc3ccccc3Cl)n2)C1)N1CCOCC1. The van der Waals surface area contributed by atoms with Gasteiger partial charge in [0.1, 0.15) is 0 Å². The molecule has 0 aliphatic carbocycles. The van der Waals surface area contributed by atoms with E-state index in [0.29, 0.717) is 38.8 Å². The minimum Gasteiger partial charge on any atom is -0.378 e. The summed E-state index contributed by atoms with van der Waals surface area (Å²) in [4.78, 5) is 21.8. The Morgan fingerprint density at radius 2 is 1.93 bits per heavy atom. The van der Waals surface area contributed by atoms with Gasteiger partial charge in [0, 0.05) is 48.4 Å². The Bertz CT molecular complexity index is 838. The molecule has 0 saturated carbocycles. The second-order valence-electron chi connectivity index (χ2n) is 7.89. The van der Waals surface area contributed by atoms with Crippen LogP contribution in [0.1, 0.15) is 35.7 Å². The van der Waals surface area contributed by atoms with Crippen LogP contribution in [-0.4, -0.2) is 66.6 Å². The highest BCUT2D eigenvalue weighted by Gasteiger charge is 2.26. The maximum atomic E-state index is 12.6. The Kier molecular flexibility index (Phi) is 6.80. The number of aromatic nitrogens is 1. The number of pyridine rings is 1. The predicted octanol–water partition coefficient (Wildman–Crippen LogP) is 3.36. The number of hydrogen-bond donors (Lipinski definition) is 0. The second kappa shape index (κ2) is 9.70. The standard InChI is InChI=1S/C23H28ClN3O2/c24-21-8-2-1-5-18(21)15-20-7-3-9-22(25-20)19-6-4-10-26(16-19)17-23(28)27-11-13-29-14-12-27/h1-3,5,7-9,19H,4,6,10-17H2. The lowest BCUT2D eigenvalue weighted by molar-refractivity contribution is -0.136. The van der Waals surface area contributed by atoms with Gasteiger partial charge in [-0.25, -0.2) is 0 Å². The van der Waals surface area contributed by atoms with E-state index in [1.165, 1.54) is 0 Å².